The number of hydrogen-bond donors (Lipinski definition) is 1. The first-order chi connectivity index (χ1) is 9.45. The van der Waals surface area contributed by atoms with Crippen LogP contribution >= 0.6 is 11.3 Å². The van der Waals surface area contributed by atoms with Crippen molar-refractivity contribution in [3.63, 3.8) is 0 Å². The molecule has 0 unspecified atom stereocenters. The Hall–Kier alpha value is -1.20. The van der Waals surface area contributed by atoms with E-state index in [1.807, 2.05) is 11.4 Å². The topological polar surface area (TPSA) is 49.0 Å². The van der Waals surface area contributed by atoms with Gasteiger partial charge in [-0.25, -0.2) is 4.98 Å². The van der Waals surface area contributed by atoms with Crippen molar-refractivity contribution in [3.05, 3.63) is 27.6 Å². The van der Waals surface area contributed by atoms with Gasteiger partial charge in [0, 0.05) is 13.1 Å². The minimum Gasteiger partial charge on any atom is -0.308 e. The Morgan fingerprint density at radius 1 is 1.25 bits per heavy atom. The number of nitrogens with zero attached hydrogens (tertiary/aromatic N) is 2. The standard InChI is InChI=1S/C15H23N3OS/c1-10(2)7-18(8-11(3)4)9-13-16-12-5-6-20-14(12)15(19)17-13/h5-6,10-11H,7-9H2,1-4H3,(H,16,17,19). The van der Waals surface area contributed by atoms with E-state index in [4.69, 9.17) is 0 Å². The second kappa shape index (κ2) is 6.50. The third-order valence-electron chi connectivity index (χ3n) is 2.98. The van der Waals surface area contributed by atoms with Gasteiger partial charge in [0.25, 0.3) is 5.56 Å². The van der Waals surface area contributed by atoms with Crippen LogP contribution in [-0.2, 0) is 6.54 Å². The number of rotatable bonds is 6. The summed E-state index contributed by atoms with van der Waals surface area (Å²) in [5.41, 5.74) is 0.789. The van der Waals surface area contributed by atoms with Gasteiger partial charge in [-0.15, -0.1) is 11.3 Å². The van der Waals surface area contributed by atoms with Crippen LogP contribution in [0.5, 0.6) is 0 Å². The Morgan fingerprint density at radius 3 is 2.50 bits per heavy atom. The molecule has 0 aliphatic carbocycles. The van der Waals surface area contributed by atoms with Crippen molar-refractivity contribution in [2.24, 2.45) is 11.8 Å². The third-order valence-corrected chi connectivity index (χ3v) is 3.89. The highest BCUT2D eigenvalue weighted by Gasteiger charge is 2.13. The second-order valence-electron chi connectivity index (χ2n) is 6.13. The summed E-state index contributed by atoms with van der Waals surface area (Å²) >= 11 is 1.44. The van der Waals surface area contributed by atoms with Crippen LogP contribution in [-0.4, -0.2) is 28.0 Å². The van der Waals surface area contributed by atoms with Crippen molar-refractivity contribution >= 4 is 21.6 Å². The average molecular weight is 293 g/mol. The molecule has 0 aliphatic heterocycles. The predicted molar refractivity (Wildman–Crippen MR) is 85.2 cm³/mol. The van der Waals surface area contributed by atoms with E-state index in [1.165, 1.54) is 11.3 Å². The molecule has 0 amide bonds. The highest BCUT2D eigenvalue weighted by molar-refractivity contribution is 7.17. The van der Waals surface area contributed by atoms with Gasteiger partial charge in [-0.2, -0.15) is 0 Å². The number of aromatic nitrogens is 2. The molecule has 2 heterocycles. The Bertz CT molecular complexity index is 605. The molecule has 0 aromatic carbocycles. The van der Waals surface area contributed by atoms with Gasteiger partial charge in [-0.1, -0.05) is 27.7 Å². The Balaban J connectivity index is 2.20. The number of thiophene rings is 1. The second-order valence-corrected chi connectivity index (χ2v) is 7.05. The van der Waals surface area contributed by atoms with E-state index in [0.29, 0.717) is 23.1 Å². The summed E-state index contributed by atoms with van der Waals surface area (Å²) in [5, 5.41) is 1.91. The normalized spacial score (nSPS) is 12.2. The van der Waals surface area contributed by atoms with Gasteiger partial charge in [0.15, 0.2) is 0 Å². The number of aromatic amines is 1. The van der Waals surface area contributed by atoms with E-state index in [-0.39, 0.29) is 5.56 Å². The molecule has 20 heavy (non-hydrogen) atoms. The maximum Gasteiger partial charge on any atom is 0.268 e. The van der Waals surface area contributed by atoms with Gasteiger partial charge in [-0.3, -0.25) is 9.69 Å². The molecule has 4 nitrogen and oxygen atoms in total. The number of nitrogens with one attached hydrogen (secondary N) is 1. The molecule has 2 aromatic rings. The highest BCUT2D eigenvalue weighted by Crippen LogP contribution is 2.14. The van der Waals surface area contributed by atoms with E-state index < -0.39 is 0 Å². The summed E-state index contributed by atoms with van der Waals surface area (Å²) < 4.78 is 0.716. The highest BCUT2D eigenvalue weighted by atomic mass is 32.1. The quantitative estimate of drug-likeness (QED) is 0.890. The minimum atomic E-state index is -0.0194. The van der Waals surface area contributed by atoms with Crippen LogP contribution in [0.3, 0.4) is 0 Å². The van der Waals surface area contributed by atoms with Gasteiger partial charge in [0.1, 0.15) is 10.5 Å². The molecule has 0 atom stereocenters. The molecule has 2 aromatic heterocycles. The molecule has 0 radical (unpaired) electrons. The first kappa shape index (κ1) is 15.2. The van der Waals surface area contributed by atoms with Gasteiger partial charge in [-0.05, 0) is 23.3 Å². The number of H-pyrrole nitrogens is 1. The summed E-state index contributed by atoms with van der Waals surface area (Å²) in [6.45, 7) is 11.6. The number of fused-ring (bicyclic) bond motifs is 1. The molecule has 0 saturated heterocycles. The molecule has 2 rings (SSSR count). The van der Waals surface area contributed by atoms with Crippen molar-refractivity contribution < 1.29 is 0 Å². The lowest BCUT2D eigenvalue weighted by Gasteiger charge is -2.25. The fourth-order valence-electron chi connectivity index (χ4n) is 2.44. The van der Waals surface area contributed by atoms with Crippen LogP contribution in [0.2, 0.25) is 0 Å². The third kappa shape index (κ3) is 3.90. The monoisotopic (exact) mass is 293 g/mol. The molecule has 0 saturated carbocycles. The van der Waals surface area contributed by atoms with Crippen LogP contribution in [0, 0.1) is 11.8 Å². The predicted octanol–water partition coefficient (Wildman–Crippen LogP) is 3.10. The summed E-state index contributed by atoms with van der Waals surface area (Å²) in [4.78, 5) is 21.8. The lowest BCUT2D eigenvalue weighted by atomic mass is 10.1. The molecule has 110 valence electrons. The van der Waals surface area contributed by atoms with Crippen LogP contribution in [0.15, 0.2) is 16.2 Å². The Morgan fingerprint density at radius 2 is 1.90 bits per heavy atom. The van der Waals surface area contributed by atoms with E-state index >= 15 is 0 Å². The number of hydrogen-bond acceptors (Lipinski definition) is 4. The fourth-order valence-corrected chi connectivity index (χ4v) is 3.17. The van der Waals surface area contributed by atoms with Crippen molar-refractivity contribution in [2.75, 3.05) is 13.1 Å². The van der Waals surface area contributed by atoms with E-state index in [1.54, 1.807) is 0 Å². The maximum atomic E-state index is 12.0. The van der Waals surface area contributed by atoms with Crippen LogP contribution < -0.4 is 5.56 Å². The zero-order valence-electron chi connectivity index (χ0n) is 12.6. The van der Waals surface area contributed by atoms with Crippen molar-refractivity contribution in [1.29, 1.82) is 0 Å². The molecule has 0 bridgehead atoms. The first-order valence-electron chi connectivity index (χ1n) is 7.14. The van der Waals surface area contributed by atoms with Crippen molar-refractivity contribution in [1.82, 2.24) is 14.9 Å². The lowest BCUT2D eigenvalue weighted by molar-refractivity contribution is 0.207. The lowest BCUT2D eigenvalue weighted by Crippen LogP contribution is -2.32. The molecule has 0 aliphatic rings. The van der Waals surface area contributed by atoms with Crippen molar-refractivity contribution in [3.8, 4) is 0 Å². The zero-order valence-corrected chi connectivity index (χ0v) is 13.5. The van der Waals surface area contributed by atoms with E-state index in [9.17, 15) is 4.79 Å². The Kier molecular flexibility index (Phi) is 4.94. The van der Waals surface area contributed by atoms with Crippen LogP contribution in [0.1, 0.15) is 33.5 Å². The molecule has 0 spiro atoms. The van der Waals surface area contributed by atoms with Crippen LogP contribution in [0.25, 0.3) is 10.2 Å². The van der Waals surface area contributed by atoms with Crippen molar-refractivity contribution in [2.45, 2.75) is 34.2 Å². The summed E-state index contributed by atoms with van der Waals surface area (Å²) in [6.07, 6.45) is 0. The average Bonchev–Trinajstić information content (AvgIpc) is 2.75. The largest absolute Gasteiger partial charge is 0.308 e. The molecule has 1 N–H and O–H groups in total. The summed E-state index contributed by atoms with van der Waals surface area (Å²) in [5.74, 6) is 1.97. The smallest absolute Gasteiger partial charge is 0.268 e. The van der Waals surface area contributed by atoms with Gasteiger partial charge in [0.05, 0.1) is 12.1 Å². The molecular formula is C15H23N3OS. The first-order valence-corrected chi connectivity index (χ1v) is 8.02. The van der Waals surface area contributed by atoms with Gasteiger partial charge < -0.3 is 4.98 Å². The van der Waals surface area contributed by atoms with E-state index in [2.05, 4.69) is 42.6 Å². The van der Waals surface area contributed by atoms with Gasteiger partial charge in [0.2, 0.25) is 0 Å². The molecular weight excluding hydrogens is 270 g/mol. The Labute approximate surface area is 123 Å². The molecule has 0 fully saturated rings. The zero-order chi connectivity index (χ0) is 14.7. The summed E-state index contributed by atoms with van der Waals surface area (Å²) in [6, 6.07) is 1.91. The minimum absolute atomic E-state index is 0.0194. The SMILES string of the molecule is CC(C)CN(Cc1nc2ccsc2c(=O)[nH]1)CC(C)C. The van der Waals surface area contributed by atoms with Crippen LogP contribution in [0.4, 0.5) is 0 Å². The van der Waals surface area contributed by atoms with E-state index in [0.717, 1.165) is 24.4 Å². The fraction of sp³-hybridized carbons (Fsp3) is 0.600. The maximum absolute atomic E-state index is 12.0. The molecule has 5 heteroatoms. The van der Waals surface area contributed by atoms with Gasteiger partial charge >= 0.3 is 0 Å². The summed E-state index contributed by atoms with van der Waals surface area (Å²) in [7, 11) is 0.